The Kier molecular flexibility index (Phi) is 3.91. The second kappa shape index (κ2) is 5.27. The summed E-state index contributed by atoms with van der Waals surface area (Å²) in [5, 5.41) is 28.5. The maximum Gasteiger partial charge on any atom is 0.129 e. The molecule has 1 saturated heterocycles. The highest BCUT2D eigenvalue weighted by Crippen LogP contribution is 2.30. The molecule has 1 aromatic rings. The number of aliphatic hydroxyl groups excluding tert-OH is 3. The summed E-state index contributed by atoms with van der Waals surface area (Å²) in [6.07, 6.45) is -3.46. The van der Waals surface area contributed by atoms with Gasteiger partial charge in [0.05, 0.1) is 19.3 Å². The first kappa shape index (κ1) is 13.4. The summed E-state index contributed by atoms with van der Waals surface area (Å²) in [6, 6.07) is 3.01. The number of benzene rings is 1. The van der Waals surface area contributed by atoms with Crippen molar-refractivity contribution in [3.8, 4) is 0 Å². The molecule has 4 atom stereocenters. The molecular formula is C12H14F2O4. The second-order valence-electron chi connectivity index (χ2n) is 4.31. The maximum absolute atomic E-state index is 13.6. The lowest BCUT2D eigenvalue weighted by molar-refractivity contribution is -0.158. The van der Waals surface area contributed by atoms with Crippen molar-refractivity contribution in [2.75, 3.05) is 13.2 Å². The number of hydrogen-bond acceptors (Lipinski definition) is 4. The van der Waals surface area contributed by atoms with E-state index in [-0.39, 0.29) is 12.2 Å². The highest BCUT2D eigenvalue weighted by Gasteiger charge is 2.39. The SMILES string of the molecule is OC[C@H]1OC[C@H](c2ccc(F)cc2F)[C@@H](O)[C@H]1O. The summed E-state index contributed by atoms with van der Waals surface area (Å²) in [5.74, 6) is -2.29. The standard InChI is InChI=1S/C12H14F2O4/c13-6-1-2-7(9(14)3-6)8-5-18-10(4-15)12(17)11(8)16/h1-3,8,10-12,15-17H,4-5H2/t8-,10-,11-,12+/m1/s1. The van der Waals surface area contributed by atoms with Crippen LogP contribution in [0.1, 0.15) is 11.5 Å². The maximum atomic E-state index is 13.6. The van der Waals surface area contributed by atoms with Crippen molar-refractivity contribution in [2.24, 2.45) is 0 Å². The summed E-state index contributed by atoms with van der Waals surface area (Å²) in [4.78, 5) is 0. The molecule has 18 heavy (non-hydrogen) atoms. The zero-order valence-electron chi connectivity index (χ0n) is 9.46. The van der Waals surface area contributed by atoms with E-state index >= 15 is 0 Å². The molecular weight excluding hydrogens is 246 g/mol. The van der Waals surface area contributed by atoms with Crippen LogP contribution in [0.5, 0.6) is 0 Å². The lowest BCUT2D eigenvalue weighted by Crippen LogP contribution is -2.50. The molecule has 0 saturated carbocycles. The second-order valence-corrected chi connectivity index (χ2v) is 4.31. The van der Waals surface area contributed by atoms with Gasteiger partial charge in [0.1, 0.15) is 23.8 Å². The van der Waals surface area contributed by atoms with Gasteiger partial charge in [-0.1, -0.05) is 6.07 Å². The monoisotopic (exact) mass is 260 g/mol. The molecule has 0 radical (unpaired) electrons. The third kappa shape index (κ3) is 2.37. The van der Waals surface area contributed by atoms with Crippen molar-refractivity contribution in [2.45, 2.75) is 24.2 Å². The number of ether oxygens (including phenoxy) is 1. The Bertz CT molecular complexity index is 427. The van der Waals surface area contributed by atoms with Crippen LogP contribution in [0, 0.1) is 11.6 Å². The van der Waals surface area contributed by atoms with Gasteiger partial charge in [-0.15, -0.1) is 0 Å². The van der Waals surface area contributed by atoms with Crippen LogP contribution >= 0.6 is 0 Å². The van der Waals surface area contributed by atoms with Gasteiger partial charge in [-0.3, -0.25) is 0 Å². The summed E-state index contributed by atoms with van der Waals surface area (Å²) in [5.41, 5.74) is 0.0827. The highest BCUT2D eigenvalue weighted by molar-refractivity contribution is 5.25. The average Bonchev–Trinajstić information content (AvgIpc) is 2.34. The molecule has 6 heteroatoms. The molecule has 100 valence electrons. The Labute approximate surface area is 102 Å². The van der Waals surface area contributed by atoms with E-state index in [1.807, 2.05) is 0 Å². The van der Waals surface area contributed by atoms with Gasteiger partial charge in [-0.2, -0.15) is 0 Å². The summed E-state index contributed by atoms with van der Waals surface area (Å²) in [7, 11) is 0. The average molecular weight is 260 g/mol. The number of hydrogen-bond donors (Lipinski definition) is 3. The van der Waals surface area contributed by atoms with E-state index in [1.54, 1.807) is 0 Å². The Morgan fingerprint density at radius 1 is 1.22 bits per heavy atom. The first-order chi connectivity index (χ1) is 8.54. The van der Waals surface area contributed by atoms with E-state index in [4.69, 9.17) is 9.84 Å². The Hall–Kier alpha value is -1.08. The molecule has 4 nitrogen and oxygen atoms in total. The third-order valence-electron chi connectivity index (χ3n) is 3.17. The number of halogens is 2. The minimum absolute atomic E-state index is 0.0496. The van der Waals surface area contributed by atoms with Crippen molar-refractivity contribution in [3.63, 3.8) is 0 Å². The molecule has 1 aromatic carbocycles. The van der Waals surface area contributed by atoms with Crippen molar-refractivity contribution in [3.05, 3.63) is 35.4 Å². The Morgan fingerprint density at radius 3 is 2.56 bits per heavy atom. The summed E-state index contributed by atoms with van der Waals surface area (Å²) < 4.78 is 31.5. The molecule has 1 fully saturated rings. The predicted octanol–water partition coefficient (Wildman–Crippen LogP) is 0.161. The van der Waals surface area contributed by atoms with E-state index in [9.17, 15) is 19.0 Å². The zero-order valence-corrected chi connectivity index (χ0v) is 9.46. The molecule has 0 amide bonds. The van der Waals surface area contributed by atoms with Crippen molar-refractivity contribution in [1.29, 1.82) is 0 Å². The van der Waals surface area contributed by atoms with Gasteiger partial charge < -0.3 is 20.1 Å². The van der Waals surface area contributed by atoms with Gasteiger partial charge in [0.2, 0.25) is 0 Å². The lowest BCUT2D eigenvalue weighted by Gasteiger charge is -2.37. The quantitative estimate of drug-likeness (QED) is 0.708. The topological polar surface area (TPSA) is 69.9 Å². The molecule has 3 N–H and O–H groups in total. The van der Waals surface area contributed by atoms with Gasteiger partial charge in [-0.05, 0) is 11.6 Å². The molecule has 0 spiro atoms. The third-order valence-corrected chi connectivity index (χ3v) is 3.17. The fourth-order valence-corrected chi connectivity index (χ4v) is 2.12. The molecule has 2 rings (SSSR count). The highest BCUT2D eigenvalue weighted by atomic mass is 19.1. The van der Waals surface area contributed by atoms with Crippen molar-refractivity contribution in [1.82, 2.24) is 0 Å². The molecule has 1 aliphatic rings. The molecule has 0 aromatic heterocycles. The molecule has 0 aliphatic carbocycles. The van der Waals surface area contributed by atoms with Crippen LogP contribution in [0.15, 0.2) is 18.2 Å². The number of rotatable bonds is 2. The molecule has 0 unspecified atom stereocenters. The summed E-state index contributed by atoms with van der Waals surface area (Å²) in [6.45, 7) is -0.483. The molecule has 1 aliphatic heterocycles. The van der Waals surface area contributed by atoms with Crippen LogP contribution in [0.25, 0.3) is 0 Å². The zero-order chi connectivity index (χ0) is 13.3. The first-order valence-electron chi connectivity index (χ1n) is 5.58. The summed E-state index contributed by atoms with van der Waals surface area (Å²) >= 11 is 0. The van der Waals surface area contributed by atoms with Crippen LogP contribution in [-0.2, 0) is 4.74 Å². The van der Waals surface area contributed by atoms with E-state index in [1.165, 1.54) is 6.07 Å². The Morgan fingerprint density at radius 2 is 1.94 bits per heavy atom. The van der Waals surface area contributed by atoms with Crippen LogP contribution in [0.3, 0.4) is 0 Å². The van der Waals surface area contributed by atoms with Crippen LogP contribution < -0.4 is 0 Å². The smallest absolute Gasteiger partial charge is 0.129 e. The lowest BCUT2D eigenvalue weighted by atomic mass is 9.86. The van der Waals surface area contributed by atoms with Crippen LogP contribution in [-0.4, -0.2) is 46.8 Å². The van der Waals surface area contributed by atoms with Crippen LogP contribution in [0.2, 0.25) is 0 Å². The normalized spacial score (nSPS) is 32.5. The fourth-order valence-electron chi connectivity index (χ4n) is 2.12. The van der Waals surface area contributed by atoms with E-state index in [0.717, 1.165) is 6.07 Å². The van der Waals surface area contributed by atoms with Gasteiger partial charge in [0.15, 0.2) is 0 Å². The predicted molar refractivity (Wildman–Crippen MR) is 57.9 cm³/mol. The minimum Gasteiger partial charge on any atom is -0.394 e. The minimum atomic E-state index is -1.31. The van der Waals surface area contributed by atoms with E-state index < -0.39 is 42.5 Å². The molecule has 0 bridgehead atoms. The van der Waals surface area contributed by atoms with Gasteiger partial charge in [0.25, 0.3) is 0 Å². The fraction of sp³-hybridized carbons (Fsp3) is 0.500. The van der Waals surface area contributed by atoms with Gasteiger partial charge >= 0.3 is 0 Å². The Balaban J connectivity index is 2.24. The van der Waals surface area contributed by atoms with Gasteiger partial charge in [0, 0.05) is 12.0 Å². The largest absolute Gasteiger partial charge is 0.394 e. The molecule has 1 heterocycles. The van der Waals surface area contributed by atoms with E-state index in [2.05, 4.69) is 0 Å². The van der Waals surface area contributed by atoms with Crippen molar-refractivity contribution < 1.29 is 28.8 Å². The van der Waals surface area contributed by atoms with Crippen molar-refractivity contribution >= 4 is 0 Å². The van der Waals surface area contributed by atoms with E-state index in [0.29, 0.717) is 6.07 Å². The number of aliphatic hydroxyl groups is 3. The first-order valence-corrected chi connectivity index (χ1v) is 5.58. The van der Waals surface area contributed by atoms with Gasteiger partial charge in [-0.25, -0.2) is 8.78 Å². The van der Waals surface area contributed by atoms with Crippen LogP contribution in [0.4, 0.5) is 8.78 Å².